The fourth-order valence-corrected chi connectivity index (χ4v) is 3.75. The third-order valence-electron chi connectivity index (χ3n) is 5.05. The van der Waals surface area contributed by atoms with Gasteiger partial charge in [-0.05, 0) is 49.2 Å². The number of pyridine rings is 1. The van der Waals surface area contributed by atoms with Crippen LogP contribution in [0.4, 0.5) is 0 Å². The molecule has 140 valence electrons. The third-order valence-corrected chi connectivity index (χ3v) is 5.05. The first-order chi connectivity index (χ1) is 13.2. The van der Waals surface area contributed by atoms with E-state index in [2.05, 4.69) is 77.6 Å². The number of hydrogen-bond donors (Lipinski definition) is 1. The highest BCUT2D eigenvalue weighted by Crippen LogP contribution is 2.27. The average Bonchev–Trinajstić information content (AvgIpc) is 2.69. The van der Waals surface area contributed by atoms with E-state index in [4.69, 9.17) is 4.74 Å². The van der Waals surface area contributed by atoms with E-state index < -0.39 is 0 Å². The number of benzene rings is 2. The van der Waals surface area contributed by atoms with Gasteiger partial charge in [-0.25, -0.2) is 0 Å². The fraction of sp³-hybridized carbons (Fsp3) is 0.348. The van der Waals surface area contributed by atoms with Crippen LogP contribution in [-0.2, 0) is 6.54 Å². The van der Waals surface area contributed by atoms with E-state index in [0.29, 0.717) is 6.04 Å². The van der Waals surface area contributed by atoms with Crippen molar-refractivity contribution in [1.82, 2.24) is 15.2 Å². The summed E-state index contributed by atoms with van der Waals surface area (Å²) in [5.74, 6) is 0.935. The Bertz CT molecular complexity index is 892. The molecule has 27 heavy (non-hydrogen) atoms. The Hall–Kier alpha value is -2.43. The monoisotopic (exact) mass is 361 g/mol. The molecule has 2 heterocycles. The first-order valence-corrected chi connectivity index (χ1v) is 9.74. The minimum Gasteiger partial charge on any atom is -0.491 e. The molecule has 0 amide bonds. The average molecular weight is 361 g/mol. The van der Waals surface area contributed by atoms with Crippen LogP contribution in [0.25, 0.3) is 10.9 Å². The summed E-state index contributed by atoms with van der Waals surface area (Å²) in [6.45, 7) is 8.07. The van der Waals surface area contributed by atoms with Gasteiger partial charge in [-0.3, -0.25) is 9.88 Å². The summed E-state index contributed by atoms with van der Waals surface area (Å²) in [4.78, 5) is 7.06. The van der Waals surface area contributed by atoms with Gasteiger partial charge in [0.05, 0.1) is 11.6 Å². The Balaban J connectivity index is 1.53. The molecule has 0 spiro atoms. The molecule has 1 saturated heterocycles. The molecule has 4 heteroatoms. The van der Waals surface area contributed by atoms with Crippen LogP contribution in [0.15, 0.2) is 60.8 Å². The third kappa shape index (κ3) is 4.29. The maximum atomic E-state index is 5.78. The first kappa shape index (κ1) is 18.0. The fourth-order valence-electron chi connectivity index (χ4n) is 3.75. The quantitative estimate of drug-likeness (QED) is 0.740. The summed E-state index contributed by atoms with van der Waals surface area (Å²) in [6, 6.07) is 19.6. The summed E-state index contributed by atoms with van der Waals surface area (Å²) >= 11 is 0. The van der Waals surface area contributed by atoms with Crippen molar-refractivity contribution < 1.29 is 4.74 Å². The molecule has 1 N–H and O–H groups in total. The molecule has 2 aromatic carbocycles. The summed E-state index contributed by atoms with van der Waals surface area (Å²) in [5.41, 5.74) is 3.71. The Labute approximate surface area is 161 Å². The number of aromatic nitrogens is 1. The molecule has 0 radical (unpaired) electrons. The van der Waals surface area contributed by atoms with Crippen molar-refractivity contribution in [3.63, 3.8) is 0 Å². The smallest absolute Gasteiger partial charge is 0.119 e. The van der Waals surface area contributed by atoms with E-state index in [1.807, 2.05) is 12.3 Å². The lowest BCUT2D eigenvalue weighted by molar-refractivity contribution is 0.153. The van der Waals surface area contributed by atoms with Gasteiger partial charge in [0.1, 0.15) is 5.75 Å². The highest BCUT2D eigenvalue weighted by atomic mass is 16.5. The minimum absolute atomic E-state index is 0.199. The largest absolute Gasteiger partial charge is 0.491 e. The topological polar surface area (TPSA) is 37.4 Å². The molecule has 0 saturated carbocycles. The van der Waals surface area contributed by atoms with Crippen LogP contribution in [0, 0.1) is 0 Å². The number of fused-ring (bicyclic) bond motifs is 1. The number of piperazine rings is 1. The zero-order valence-corrected chi connectivity index (χ0v) is 16.1. The van der Waals surface area contributed by atoms with Crippen LogP contribution in [-0.4, -0.2) is 35.6 Å². The van der Waals surface area contributed by atoms with Crippen LogP contribution in [0.5, 0.6) is 5.75 Å². The van der Waals surface area contributed by atoms with Gasteiger partial charge in [-0.2, -0.15) is 0 Å². The molecule has 0 aliphatic carbocycles. The highest BCUT2D eigenvalue weighted by Gasteiger charge is 2.24. The lowest BCUT2D eigenvalue weighted by atomic mass is 10.0. The molecule has 1 atom stereocenters. The van der Waals surface area contributed by atoms with Gasteiger partial charge in [-0.1, -0.05) is 30.3 Å². The Morgan fingerprint density at radius 1 is 1.15 bits per heavy atom. The number of rotatable bonds is 5. The molecule has 3 aromatic rings. The molecule has 4 rings (SSSR count). The van der Waals surface area contributed by atoms with Crippen molar-refractivity contribution in [2.24, 2.45) is 0 Å². The van der Waals surface area contributed by atoms with Crippen LogP contribution >= 0.6 is 0 Å². The summed E-state index contributed by atoms with van der Waals surface area (Å²) < 4.78 is 5.78. The van der Waals surface area contributed by atoms with Crippen LogP contribution in [0.3, 0.4) is 0 Å². The number of hydrogen-bond acceptors (Lipinski definition) is 4. The van der Waals surface area contributed by atoms with Crippen molar-refractivity contribution in [2.45, 2.75) is 32.5 Å². The van der Waals surface area contributed by atoms with E-state index in [1.54, 1.807) is 0 Å². The van der Waals surface area contributed by atoms with Crippen molar-refractivity contribution in [2.75, 3.05) is 19.6 Å². The number of ether oxygens (including phenoxy) is 1. The standard InChI is InChI=1S/C23H27N3O/c1-17(2)27-21-9-7-20(8-10-21)23-15-24-12-13-26(23)16-18-5-6-19-4-3-11-25-22(19)14-18/h3-11,14,17,23-24H,12-13,15-16H2,1-2H3. The molecule has 1 unspecified atom stereocenters. The predicted molar refractivity (Wildman–Crippen MR) is 110 cm³/mol. The second kappa shape index (κ2) is 8.07. The summed E-state index contributed by atoms with van der Waals surface area (Å²) in [6.07, 6.45) is 2.06. The zero-order valence-electron chi connectivity index (χ0n) is 16.1. The molecule has 1 aliphatic rings. The van der Waals surface area contributed by atoms with Crippen LogP contribution in [0.1, 0.15) is 31.0 Å². The van der Waals surface area contributed by atoms with Crippen molar-refractivity contribution in [1.29, 1.82) is 0 Å². The Morgan fingerprint density at radius 3 is 2.81 bits per heavy atom. The van der Waals surface area contributed by atoms with Gasteiger partial charge in [0, 0.05) is 43.8 Å². The van der Waals surface area contributed by atoms with Crippen molar-refractivity contribution in [3.05, 3.63) is 71.9 Å². The van der Waals surface area contributed by atoms with Gasteiger partial charge in [0.15, 0.2) is 0 Å². The van der Waals surface area contributed by atoms with E-state index in [-0.39, 0.29) is 6.10 Å². The number of nitrogens with one attached hydrogen (secondary N) is 1. The Kier molecular flexibility index (Phi) is 5.37. The van der Waals surface area contributed by atoms with E-state index in [1.165, 1.54) is 16.5 Å². The second-order valence-electron chi connectivity index (χ2n) is 7.46. The van der Waals surface area contributed by atoms with Gasteiger partial charge < -0.3 is 10.1 Å². The molecule has 1 aliphatic heterocycles. The molecular formula is C23H27N3O. The Morgan fingerprint density at radius 2 is 2.00 bits per heavy atom. The second-order valence-corrected chi connectivity index (χ2v) is 7.46. The van der Waals surface area contributed by atoms with Gasteiger partial charge >= 0.3 is 0 Å². The maximum absolute atomic E-state index is 5.78. The van der Waals surface area contributed by atoms with Crippen molar-refractivity contribution >= 4 is 10.9 Å². The normalized spacial score (nSPS) is 18.1. The van der Waals surface area contributed by atoms with Gasteiger partial charge in [0.25, 0.3) is 0 Å². The molecule has 0 bridgehead atoms. The summed E-state index contributed by atoms with van der Waals surface area (Å²) in [5, 5.41) is 4.73. The van der Waals surface area contributed by atoms with Gasteiger partial charge in [-0.15, -0.1) is 0 Å². The molecule has 4 nitrogen and oxygen atoms in total. The van der Waals surface area contributed by atoms with Gasteiger partial charge in [0.2, 0.25) is 0 Å². The summed E-state index contributed by atoms with van der Waals surface area (Å²) in [7, 11) is 0. The number of nitrogens with zero attached hydrogens (tertiary/aromatic N) is 2. The van der Waals surface area contributed by atoms with E-state index >= 15 is 0 Å². The van der Waals surface area contributed by atoms with Crippen LogP contribution < -0.4 is 10.1 Å². The molecule has 1 fully saturated rings. The van der Waals surface area contributed by atoms with Crippen LogP contribution in [0.2, 0.25) is 0 Å². The molecule has 1 aromatic heterocycles. The van der Waals surface area contributed by atoms with E-state index in [0.717, 1.165) is 37.4 Å². The maximum Gasteiger partial charge on any atom is 0.119 e. The lowest BCUT2D eigenvalue weighted by Gasteiger charge is -2.36. The molecular weight excluding hydrogens is 334 g/mol. The highest BCUT2D eigenvalue weighted by molar-refractivity contribution is 5.78. The van der Waals surface area contributed by atoms with E-state index in [9.17, 15) is 0 Å². The zero-order chi connectivity index (χ0) is 18.6. The van der Waals surface area contributed by atoms with Crippen molar-refractivity contribution in [3.8, 4) is 5.75 Å². The predicted octanol–water partition coefficient (Wildman–Crippen LogP) is 4.17. The minimum atomic E-state index is 0.199. The first-order valence-electron chi connectivity index (χ1n) is 9.74. The lowest BCUT2D eigenvalue weighted by Crippen LogP contribution is -2.45. The SMILES string of the molecule is CC(C)Oc1ccc(C2CNCCN2Cc2ccc3cccnc3c2)cc1.